The Morgan fingerprint density at radius 3 is 2.57 bits per heavy atom. The molecule has 0 aliphatic carbocycles. The van der Waals surface area contributed by atoms with Gasteiger partial charge in [0.25, 0.3) is 0 Å². The second-order valence-corrected chi connectivity index (χ2v) is 8.14. The van der Waals surface area contributed by atoms with E-state index < -0.39 is 0 Å². The molecule has 5 nitrogen and oxygen atoms in total. The fourth-order valence-corrected chi connectivity index (χ4v) is 4.66. The maximum absolute atomic E-state index is 13.0. The summed E-state index contributed by atoms with van der Waals surface area (Å²) in [5, 5.41) is 5.76. The van der Waals surface area contributed by atoms with Crippen LogP contribution in [0.5, 0.6) is 0 Å². The number of benzene rings is 2. The van der Waals surface area contributed by atoms with E-state index in [4.69, 9.17) is 11.6 Å². The standard InChI is InChI=1S/C21H15ClN4OS/c22-16-8-6-15(7-9-16)12-25-20-18(19-23-13-24-26(19)21(25)27)11-17(28-20)10-14-4-2-1-3-5-14/h1-9,11,13H,10,12H2. The van der Waals surface area contributed by atoms with Crippen LogP contribution < -0.4 is 5.69 Å². The summed E-state index contributed by atoms with van der Waals surface area (Å²) in [7, 11) is 0. The molecule has 5 rings (SSSR count). The monoisotopic (exact) mass is 406 g/mol. The minimum Gasteiger partial charge on any atom is -0.278 e. The van der Waals surface area contributed by atoms with Gasteiger partial charge in [-0.3, -0.25) is 4.57 Å². The average Bonchev–Trinajstić information content (AvgIpc) is 3.34. The van der Waals surface area contributed by atoms with Gasteiger partial charge in [0, 0.05) is 16.3 Å². The van der Waals surface area contributed by atoms with Crippen LogP contribution in [0.1, 0.15) is 16.0 Å². The molecular weight excluding hydrogens is 392 g/mol. The number of nitrogens with zero attached hydrogens (tertiary/aromatic N) is 4. The van der Waals surface area contributed by atoms with Gasteiger partial charge in [-0.1, -0.05) is 54.1 Å². The zero-order valence-electron chi connectivity index (χ0n) is 14.7. The summed E-state index contributed by atoms with van der Waals surface area (Å²) in [5.74, 6) is 0. The molecule has 5 aromatic rings. The summed E-state index contributed by atoms with van der Waals surface area (Å²) < 4.78 is 3.14. The van der Waals surface area contributed by atoms with Crippen LogP contribution in [0.2, 0.25) is 5.02 Å². The van der Waals surface area contributed by atoms with Crippen molar-refractivity contribution in [2.24, 2.45) is 0 Å². The van der Waals surface area contributed by atoms with Gasteiger partial charge in [0.15, 0.2) is 5.65 Å². The van der Waals surface area contributed by atoms with Gasteiger partial charge in [-0.05, 0) is 29.3 Å². The molecule has 0 spiro atoms. The predicted octanol–water partition coefficient (Wildman–Crippen LogP) is 4.40. The first-order valence-electron chi connectivity index (χ1n) is 8.82. The number of hydrogen-bond donors (Lipinski definition) is 0. The molecule has 7 heteroatoms. The zero-order chi connectivity index (χ0) is 19.1. The van der Waals surface area contributed by atoms with Gasteiger partial charge >= 0.3 is 5.69 Å². The van der Waals surface area contributed by atoms with Gasteiger partial charge in [-0.15, -0.1) is 11.3 Å². The van der Waals surface area contributed by atoms with Crippen molar-refractivity contribution < 1.29 is 0 Å². The van der Waals surface area contributed by atoms with Crippen molar-refractivity contribution in [3.63, 3.8) is 0 Å². The molecule has 0 aliphatic rings. The van der Waals surface area contributed by atoms with E-state index in [1.165, 1.54) is 21.3 Å². The minimum atomic E-state index is -0.192. The van der Waals surface area contributed by atoms with E-state index in [0.717, 1.165) is 22.2 Å². The molecule has 0 aliphatic heterocycles. The van der Waals surface area contributed by atoms with E-state index in [1.807, 2.05) is 42.5 Å². The van der Waals surface area contributed by atoms with Crippen LogP contribution in [-0.4, -0.2) is 19.2 Å². The van der Waals surface area contributed by atoms with E-state index in [9.17, 15) is 4.79 Å². The zero-order valence-corrected chi connectivity index (χ0v) is 16.3. The third kappa shape index (κ3) is 3.00. The quantitative estimate of drug-likeness (QED) is 0.444. The first-order valence-corrected chi connectivity index (χ1v) is 10.0. The Kier molecular flexibility index (Phi) is 4.22. The number of rotatable bonds is 4. The van der Waals surface area contributed by atoms with E-state index >= 15 is 0 Å². The maximum atomic E-state index is 13.0. The van der Waals surface area contributed by atoms with E-state index in [-0.39, 0.29) is 5.69 Å². The van der Waals surface area contributed by atoms with Crippen molar-refractivity contribution in [2.75, 3.05) is 0 Å². The fraction of sp³-hybridized carbons (Fsp3) is 0.0952. The summed E-state index contributed by atoms with van der Waals surface area (Å²) in [6.07, 6.45) is 2.24. The van der Waals surface area contributed by atoms with E-state index in [2.05, 4.69) is 28.3 Å². The molecule has 0 N–H and O–H groups in total. The highest BCUT2D eigenvalue weighted by Gasteiger charge is 2.16. The first kappa shape index (κ1) is 17.2. The number of hydrogen-bond acceptors (Lipinski definition) is 4. The number of aromatic nitrogens is 4. The summed E-state index contributed by atoms with van der Waals surface area (Å²) in [4.78, 5) is 19.5. The van der Waals surface area contributed by atoms with Crippen LogP contribution in [0.3, 0.4) is 0 Å². The smallest absolute Gasteiger partial charge is 0.278 e. The molecule has 0 saturated carbocycles. The largest absolute Gasteiger partial charge is 0.352 e. The predicted molar refractivity (Wildman–Crippen MR) is 112 cm³/mol. The summed E-state index contributed by atoms with van der Waals surface area (Å²) in [6, 6.07) is 20.0. The number of halogens is 1. The van der Waals surface area contributed by atoms with Crippen LogP contribution in [0.15, 0.2) is 71.8 Å². The van der Waals surface area contributed by atoms with Gasteiger partial charge in [-0.25, -0.2) is 9.78 Å². The summed E-state index contributed by atoms with van der Waals surface area (Å²) in [6.45, 7) is 0.452. The SMILES string of the molecule is O=c1n(Cc2ccc(Cl)cc2)c2sc(Cc3ccccc3)cc2c2ncnn12. The lowest BCUT2D eigenvalue weighted by atomic mass is 10.1. The third-order valence-corrected chi connectivity index (χ3v) is 6.09. The highest BCUT2D eigenvalue weighted by Crippen LogP contribution is 2.29. The molecule has 0 amide bonds. The highest BCUT2D eigenvalue weighted by atomic mass is 35.5. The Balaban J connectivity index is 1.67. The third-order valence-electron chi connectivity index (χ3n) is 4.68. The molecule has 0 atom stereocenters. The van der Waals surface area contributed by atoms with Crippen molar-refractivity contribution in [1.82, 2.24) is 19.2 Å². The molecule has 0 fully saturated rings. The fourth-order valence-electron chi connectivity index (χ4n) is 3.35. The molecule has 0 saturated heterocycles. The van der Waals surface area contributed by atoms with Crippen molar-refractivity contribution in [1.29, 1.82) is 0 Å². The molecule has 138 valence electrons. The Bertz CT molecular complexity index is 1340. The Labute approximate surface area is 169 Å². The van der Waals surface area contributed by atoms with E-state index in [1.54, 1.807) is 15.9 Å². The lowest BCUT2D eigenvalue weighted by Crippen LogP contribution is -2.27. The lowest BCUT2D eigenvalue weighted by molar-refractivity contribution is 0.720. The molecule has 3 aromatic heterocycles. The molecule has 0 bridgehead atoms. The van der Waals surface area contributed by atoms with Crippen molar-refractivity contribution >= 4 is 38.8 Å². The van der Waals surface area contributed by atoms with Gasteiger partial charge in [0.1, 0.15) is 11.2 Å². The Morgan fingerprint density at radius 2 is 1.79 bits per heavy atom. The molecule has 3 heterocycles. The van der Waals surface area contributed by atoms with Crippen LogP contribution in [0, 0.1) is 0 Å². The van der Waals surface area contributed by atoms with Gasteiger partial charge < -0.3 is 0 Å². The number of thiophene rings is 1. The number of fused-ring (bicyclic) bond motifs is 3. The van der Waals surface area contributed by atoms with Crippen LogP contribution >= 0.6 is 22.9 Å². The maximum Gasteiger partial charge on any atom is 0.352 e. The molecule has 0 unspecified atom stereocenters. The highest BCUT2D eigenvalue weighted by molar-refractivity contribution is 7.18. The van der Waals surface area contributed by atoms with Crippen molar-refractivity contribution in [3.05, 3.63) is 98.5 Å². The molecule has 0 radical (unpaired) electrons. The normalized spacial score (nSPS) is 11.5. The van der Waals surface area contributed by atoms with Crippen LogP contribution in [-0.2, 0) is 13.0 Å². The van der Waals surface area contributed by atoms with E-state index in [0.29, 0.717) is 17.2 Å². The minimum absolute atomic E-state index is 0.192. The molecule has 28 heavy (non-hydrogen) atoms. The second-order valence-electron chi connectivity index (χ2n) is 6.58. The van der Waals surface area contributed by atoms with Crippen molar-refractivity contribution in [2.45, 2.75) is 13.0 Å². The van der Waals surface area contributed by atoms with Gasteiger partial charge in [-0.2, -0.15) is 9.61 Å². The lowest BCUT2D eigenvalue weighted by Gasteiger charge is -2.08. The average molecular weight is 407 g/mol. The topological polar surface area (TPSA) is 52.2 Å². The molecule has 2 aromatic carbocycles. The summed E-state index contributed by atoms with van der Waals surface area (Å²) in [5.41, 5.74) is 2.65. The first-order chi connectivity index (χ1) is 13.7. The van der Waals surface area contributed by atoms with Crippen molar-refractivity contribution in [3.8, 4) is 0 Å². The molecular formula is C21H15ClN4OS. The van der Waals surface area contributed by atoms with Gasteiger partial charge in [0.05, 0.1) is 11.9 Å². The Morgan fingerprint density at radius 1 is 1.00 bits per heavy atom. The van der Waals surface area contributed by atoms with Crippen LogP contribution in [0.25, 0.3) is 15.9 Å². The van der Waals surface area contributed by atoms with Gasteiger partial charge in [0.2, 0.25) is 0 Å². The summed E-state index contributed by atoms with van der Waals surface area (Å²) >= 11 is 7.63. The Hall–Kier alpha value is -2.96. The van der Waals surface area contributed by atoms with Crippen LogP contribution in [0.4, 0.5) is 0 Å². The second kappa shape index (κ2) is 6.89.